The zero-order valence-electron chi connectivity index (χ0n) is 12.2. The maximum absolute atomic E-state index is 14.6. The van der Waals surface area contributed by atoms with Gasteiger partial charge in [-0.05, 0) is 0 Å². The summed E-state index contributed by atoms with van der Waals surface area (Å²) >= 11 is -3.99. The second-order valence-corrected chi connectivity index (χ2v) is 36.3. The van der Waals surface area contributed by atoms with Gasteiger partial charge in [0.1, 0.15) is 0 Å². The van der Waals surface area contributed by atoms with E-state index in [9.17, 15) is 8.78 Å². The number of rotatable bonds is 2. The van der Waals surface area contributed by atoms with E-state index in [-0.39, 0.29) is 0 Å². The van der Waals surface area contributed by atoms with Crippen molar-refractivity contribution in [1.82, 2.24) is 4.98 Å². The van der Waals surface area contributed by atoms with Gasteiger partial charge in [0.25, 0.3) is 0 Å². The molecule has 0 fully saturated rings. The summed E-state index contributed by atoms with van der Waals surface area (Å²) in [6.07, 6.45) is 0. The number of halogens is 2. The fourth-order valence-corrected chi connectivity index (χ4v) is 15.2. The molecule has 0 unspecified atom stereocenters. The van der Waals surface area contributed by atoms with Gasteiger partial charge in [-0.3, -0.25) is 0 Å². The predicted molar refractivity (Wildman–Crippen MR) is 85.5 cm³/mol. The molecular weight excluding hydrogens is 478 g/mol. The molecule has 0 spiro atoms. The average Bonchev–Trinajstić information content (AvgIpc) is 2.62. The van der Waals surface area contributed by atoms with E-state index in [4.69, 9.17) is 0 Å². The first kappa shape index (κ1) is 15.9. The van der Waals surface area contributed by atoms with Crippen molar-refractivity contribution in [3.05, 3.63) is 17.1 Å². The SMILES string of the molecule is [CH3][Sn]([CH3])([CH3])[c]1c(F)c(F)[c]([Sn]([CH3])([CH3])[CH3])c2scnc12. The normalized spacial score (nSPS) is 13.3. The van der Waals surface area contributed by atoms with Crippen LogP contribution in [0.2, 0.25) is 29.6 Å². The number of hydrogen-bond acceptors (Lipinski definition) is 2. The standard InChI is InChI=1S/C7HF2NS.6CH3.2Sn/c8-4-1-6-7(2-5(4)9)11-3-10-6;;;;;;;;/h3H;6*1H3;;. The molecular formula is C13H19F2NSSn2. The van der Waals surface area contributed by atoms with Crippen molar-refractivity contribution in [3.63, 3.8) is 0 Å². The molecule has 1 nitrogen and oxygen atoms in total. The number of nitrogens with zero attached hydrogens (tertiary/aromatic N) is 1. The molecule has 104 valence electrons. The number of aromatic nitrogens is 1. The number of thiazole rings is 1. The molecule has 0 saturated heterocycles. The van der Waals surface area contributed by atoms with Crippen molar-refractivity contribution in [3.8, 4) is 0 Å². The number of fused-ring (bicyclic) bond motifs is 1. The Hall–Kier alpha value is 0.567. The Balaban J connectivity index is 2.99. The molecule has 0 saturated carbocycles. The van der Waals surface area contributed by atoms with Crippen LogP contribution in [0.4, 0.5) is 8.78 Å². The van der Waals surface area contributed by atoms with E-state index < -0.39 is 48.4 Å². The van der Waals surface area contributed by atoms with Crippen molar-refractivity contribution < 1.29 is 8.78 Å². The van der Waals surface area contributed by atoms with Gasteiger partial charge in [0, 0.05) is 0 Å². The van der Waals surface area contributed by atoms with Crippen LogP contribution in [0.5, 0.6) is 0 Å². The summed E-state index contributed by atoms with van der Waals surface area (Å²) in [6.45, 7) is 0. The quantitative estimate of drug-likeness (QED) is 0.578. The van der Waals surface area contributed by atoms with Crippen LogP contribution in [-0.2, 0) is 0 Å². The van der Waals surface area contributed by atoms with Crippen LogP contribution < -0.4 is 7.16 Å². The first-order chi connectivity index (χ1) is 8.55. The fourth-order valence-electron chi connectivity index (χ4n) is 2.38. The van der Waals surface area contributed by atoms with Crippen molar-refractivity contribution >= 4 is 65.5 Å². The molecule has 0 radical (unpaired) electrons. The molecule has 0 bridgehead atoms. The minimum absolute atomic E-state index is 0.582. The van der Waals surface area contributed by atoms with Crippen molar-refractivity contribution in [1.29, 1.82) is 0 Å². The molecule has 1 aromatic carbocycles. The zero-order chi connectivity index (χ0) is 14.6. The molecule has 1 aromatic heterocycles. The first-order valence-electron chi connectivity index (χ1n) is 6.30. The second-order valence-electron chi connectivity index (χ2n) is 6.91. The topological polar surface area (TPSA) is 12.9 Å². The molecule has 19 heavy (non-hydrogen) atoms. The predicted octanol–water partition coefficient (Wildman–Crippen LogP) is 3.66. The molecule has 1 heterocycles. The van der Waals surface area contributed by atoms with Crippen LogP contribution in [0.15, 0.2) is 5.51 Å². The van der Waals surface area contributed by atoms with Gasteiger partial charge in [0.05, 0.1) is 0 Å². The molecule has 0 amide bonds. The number of hydrogen-bond donors (Lipinski definition) is 0. The van der Waals surface area contributed by atoms with Gasteiger partial charge in [0.2, 0.25) is 0 Å². The Morgan fingerprint density at radius 2 is 1.37 bits per heavy atom. The molecule has 0 aliphatic rings. The Labute approximate surface area is 125 Å². The van der Waals surface area contributed by atoms with Gasteiger partial charge in [-0.15, -0.1) is 0 Å². The molecule has 6 heteroatoms. The van der Waals surface area contributed by atoms with Crippen molar-refractivity contribution in [2.75, 3.05) is 0 Å². The third-order valence-corrected chi connectivity index (χ3v) is 15.7. The molecule has 0 atom stereocenters. The summed E-state index contributed by atoms with van der Waals surface area (Å²) in [7, 11) is 0. The van der Waals surface area contributed by atoms with Crippen LogP contribution in [0.1, 0.15) is 0 Å². The molecule has 0 N–H and O–H groups in total. The molecule has 2 rings (SSSR count). The van der Waals surface area contributed by atoms with Crippen LogP contribution >= 0.6 is 11.3 Å². The Morgan fingerprint density at radius 3 is 1.84 bits per heavy atom. The van der Waals surface area contributed by atoms with Crippen LogP contribution in [0.3, 0.4) is 0 Å². The maximum atomic E-state index is 14.6. The summed E-state index contributed by atoms with van der Waals surface area (Å²) in [5.41, 5.74) is 2.47. The fraction of sp³-hybridized carbons (Fsp3) is 0.462. The molecule has 0 aliphatic heterocycles. The summed E-state index contributed by atoms with van der Waals surface area (Å²) in [5, 5.41) is 0. The van der Waals surface area contributed by atoms with Crippen LogP contribution in [0.25, 0.3) is 10.2 Å². The van der Waals surface area contributed by atoms with E-state index in [1.807, 2.05) is 0 Å². The van der Waals surface area contributed by atoms with E-state index in [1.165, 1.54) is 11.3 Å². The summed E-state index contributed by atoms with van der Waals surface area (Å²) in [6, 6.07) is 0. The van der Waals surface area contributed by atoms with Gasteiger partial charge in [-0.25, -0.2) is 0 Å². The minimum atomic E-state index is -2.74. The van der Waals surface area contributed by atoms with Crippen LogP contribution in [-0.4, -0.2) is 41.7 Å². The Morgan fingerprint density at radius 1 is 0.895 bits per heavy atom. The van der Waals surface area contributed by atoms with E-state index in [0.717, 1.165) is 10.2 Å². The zero-order valence-corrected chi connectivity index (χ0v) is 18.7. The van der Waals surface area contributed by atoms with Crippen LogP contribution in [0, 0.1) is 11.6 Å². The van der Waals surface area contributed by atoms with Crippen molar-refractivity contribution in [2.24, 2.45) is 0 Å². The van der Waals surface area contributed by atoms with Gasteiger partial charge in [-0.2, -0.15) is 0 Å². The van der Waals surface area contributed by atoms with E-state index in [0.29, 0.717) is 7.16 Å². The van der Waals surface area contributed by atoms with Crippen molar-refractivity contribution in [2.45, 2.75) is 29.6 Å². The Kier molecular flexibility index (Phi) is 4.27. The van der Waals surface area contributed by atoms with Gasteiger partial charge >= 0.3 is 126 Å². The summed E-state index contributed by atoms with van der Waals surface area (Å²) < 4.78 is 31.3. The first-order valence-corrected chi connectivity index (χ1v) is 27.2. The van der Waals surface area contributed by atoms with E-state index in [2.05, 4.69) is 34.6 Å². The third-order valence-electron chi connectivity index (χ3n) is 3.16. The summed E-state index contributed by atoms with van der Waals surface area (Å²) in [4.78, 5) is 17.0. The van der Waals surface area contributed by atoms with Gasteiger partial charge in [-0.1, -0.05) is 0 Å². The Bertz CT molecular complexity index is 585. The van der Waals surface area contributed by atoms with Gasteiger partial charge < -0.3 is 0 Å². The van der Waals surface area contributed by atoms with E-state index in [1.54, 1.807) is 5.51 Å². The van der Waals surface area contributed by atoms with E-state index >= 15 is 0 Å². The summed E-state index contributed by atoms with van der Waals surface area (Å²) in [5.74, 6) is -1.19. The molecule has 2 aromatic rings. The second kappa shape index (κ2) is 5.09. The monoisotopic (exact) mass is 499 g/mol. The molecule has 0 aliphatic carbocycles. The average molecular weight is 497 g/mol. The van der Waals surface area contributed by atoms with Gasteiger partial charge in [0.15, 0.2) is 0 Å². The third kappa shape index (κ3) is 2.81. The number of benzene rings is 1.